The molecule has 1 aliphatic rings. The summed E-state index contributed by atoms with van der Waals surface area (Å²) in [4.78, 5) is 14.9. The number of benzene rings is 1. The Morgan fingerprint density at radius 3 is 2.62 bits per heavy atom. The summed E-state index contributed by atoms with van der Waals surface area (Å²) in [6.07, 6.45) is 6.52. The number of nitrogen functional groups attached to an aromatic ring is 1. The predicted molar refractivity (Wildman–Crippen MR) is 87.7 cm³/mol. The van der Waals surface area contributed by atoms with Crippen LogP contribution < -0.4 is 5.73 Å². The van der Waals surface area contributed by atoms with E-state index in [1.807, 2.05) is 24.3 Å². The first-order valence-corrected chi connectivity index (χ1v) is 8.31. The van der Waals surface area contributed by atoms with Gasteiger partial charge in [-0.1, -0.05) is 44.9 Å². The second-order valence-corrected chi connectivity index (χ2v) is 6.14. The molecule has 0 aromatic heterocycles. The fourth-order valence-electron chi connectivity index (χ4n) is 2.82. The highest BCUT2D eigenvalue weighted by Crippen LogP contribution is 2.32. The minimum atomic E-state index is 0.176. The Bertz CT molecular complexity index is 468. The third-order valence-corrected chi connectivity index (χ3v) is 4.41. The lowest BCUT2D eigenvalue weighted by atomic mass is 9.97. The SMILES string of the molecule is CCCCC(CC)C(=O)N(Cc1ccccc1N)C1CC1. The highest BCUT2D eigenvalue weighted by atomic mass is 16.2. The van der Waals surface area contributed by atoms with Crippen molar-refractivity contribution in [3.05, 3.63) is 29.8 Å². The summed E-state index contributed by atoms with van der Waals surface area (Å²) >= 11 is 0. The molecule has 116 valence electrons. The number of carbonyl (C=O) groups is 1. The zero-order chi connectivity index (χ0) is 15.2. The van der Waals surface area contributed by atoms with Crippen molar-refractivity contribution in [2.45, 2.75) is 65.0 Å². The van der Waals surface area contributed by atoms with Gasteiger partial charge in [-0.25, -0.2) is 0 Å². The van der Waals surface area contributed by atoms with E-state index in [9.17, 15) is 4.79 Å². The molecule has 1 fully saturated rings. The molecular weight excluding hydrogens is 260 g/mol. The third kappa shape index (κ3) is 4.23. The monoisotopic (exact) mass is 288 g/mol. The lowest BCUT2D eigenvalue weighted by Gasteiger charge is -2.27. The van der Waals surface area contributed by atoms with Crippen LogP contribution in [0.2, 0.25) is 0 Å². The van der Waals surface area contributed by atoms with Gasteiger partial charge in [0.25, 0.3) is 0 Å². The van der Waals surface area contributed by atoms with Crippen molar-refractivity contribution in [2.24, 2.45) is 5.92 Å². The molecule has 0 spiro atoms. The lowest BCUT2D eigenvalue weighted by molar-refractivity contribution is -0.137. The van der Waals surface area contributed by atoms with Crippen LogP contribution in [-0.4, -0.2) is 16.8 Å². The Kier molecular flexibility index (Phi) is 5.66. The van der Waals surface area contributed by atoms with Gasteiger partial charge in [-0.2, -0.15) is 0 Å². The number of hydrogen-bond donors (Lipinski definition) is 1. The van der Waals surface area contributed by atoms with Crippen LogP contribution in [0.1, 0.15) is 57.9 Å². The van der Waals surface area contributed by atoms with Crippen LogP contribution >= 0.6 is 0 Å². The number of nitrogens with two attached hydrogens (primary N) is 1. The Balaban J connectivity index is 2.07. The summed E-state index contributed by atoms with van der Waals surface area (Å²) in [5.41, 5.74) is 7.90. The van der Waals surface area contributed by atoms with Gasteiger partial charge in [0.2, 0.25) is 5.91 Å². The van der Waals surface area contributed by atoms with Gasteiger partial charge in [0, 0.05) is 24.2 Å². The lowest BCUT2D eigenvalue weighted by Crippen LogP contribution is -2.37. The van der Waals surface area contributed by atoms with E-state index in [1.54, 1.807) is 0 Å². The van der Waals surface area contributed by atoms with E-state index < -0.39 is 0 Å². The van der Waals surface area contributed by atoms with Gasteiger partial charge in [-0.05, 0) is 37.3 Å². The highest BCUT2D eigenvalue weighted by Gasteiger charge is 2.35. The zero-order valence-corrected chi connectivity index (χ0v) is 13.3. The van der Waals surface area contributed by atoms with E-state index in [-0.39, 0.29) is 5.92 Å². The van der Waals surface area contributed by atoms with Crippen molar-refractivity contribution in [2.75, 3.05) is 5.73 Å². The molecule has 1 unspecified atom stereocenters. The van der Waals surface area contributed by atoms with Crippen LogP contribution in [-0.2, 0) is 11.3 Å². The van der Waals surface area contributed by atoms with Crippen LogP contribution in [0.15, 0.2) is 24.3 Å². The number of anilines is 1. The molecule has 2 rings (SSSR count). The number of nitrogens with zero attached hydrogens (tertiary/aromatic N) is 1. The number of hydrogen-bond acceptors (Lipinski definition) is 2. The number of para-hydroxylation sites is 1. The number of rotatable bonds is 8. The summed E-state index contributed by atoms with van der Waals surface area (Å²) in [5, 5.41) is 0. The largest absolute Gasteiger partial charge is 0.398 e. The van der Waals surface area contributed by atoms with Crippen LogP contribution in [0.4, 0.5) is 5.69 Å². The maximum Gasteiger partial charge on any atom is 0.226 e. The molecule has 0 bridgehead atoms. The standard InChI is InChI=1S/C18H28N2O/c1-3-5-8-14(4-2)18(21)20(16-11-12-16)13-15-9-6-7-10-17(15)19/h6-7,9-10,14,16H,3-5,8,11-13,19H2,1-2H3. The number of carbonyl (C=O) groups excluding carboxylic acids is 1. The normalized spacial score (nSPS) is 15.7. The minimum absolute atomic E-state index is 0.176. The quantitative estimate of drug-likeness (QED) is 0.736. The van der Waals surface area contributed by atoms with Crippen molar-refractivity contribution in [1.82, 2.24) is 4.90 Å². The molecule has 3 nitrogen and oxygen atoms in total. The summed E-state index contributed by atoms with van der Waals surface area (Å²) in [5.74, 6) is 0.507. The minimum Gasteiger partial charge on any atom is -0.398 e. The molecule has 0 saturated heterocycles. The summed E-state index contributed by atoms with van der Waals surface area (Å²) < 4.78 is 0. The van der Waals surface area contributed by atoms with Crippen LogP contribution in [0.5, 0.6) is 0 Å². The van der Waals surface area contributed by atoms with E-state index in [2.05, 4.69) is 18.7 Å². The molecule has 1 atom stereocenters. The second-order valence-electron chi connectivity index (χ2n) is 6.14. The molecule has 0 aliphatic heterocycles. The smallest absolute Gasteiger partial charge is 0.226 e. The second kappa shape index (κ2) is 7.48. The van der Waals surface area contributed by atoms with Gasteiger partial charge in [0.15, 0.2) is 0 Å². The van der Waals surface area contributed by atoms with Crippen molar-refractivity contribution >= 4 is 11.6 Å². The van der Waals surface area contributed by atoms with Crippen molar-refractivity contribution in [3.8, 4) is 0 Å². The van der Waals surface area contributed by atoms with E-state index in [0.717, 1.165) is 49.8 Å². The molecule has 1 aliphatic carbocycles. The van der Waals surface area contributed by atoms with Gasteiger partial charge in [0.1, 0.15) is 0 Å². The first-order valence-electron chi connectivity index (χ1n) is 8.31. The fourth-order valence-corrected chi connectivity index (χ4v) is 2.82. The first-order chi connectivity index (χ1) is 10.2. The average Bonchev–Trinajstić information content (AvgIpc) is 3.31. The molecule has 0 heterocycles. The van der Waals surface area contributed by atoms with Gasteiger partial charge < -0.3 is 10.6 Å². The molecule has 1 aromatic carbocycles. The Labute approximate surface area is 128 Å². The van der Waals surface area contributed by atoms with Crippen molar-refractivity contribution in [1.29, 1.82) is 0 Å². The van der Waals surface area contributed by atoms with Gasteiger partial charge in [0.05, 0.1) is 0 Å². The van der Waals surface area contributed by atoms with Crippen LogP contribution in [0.25, 0.3) is 0 Å². The predicted octanol–water partition coefficient (Wildman–Crippen LogP) is 3.98. The van der Waals surface area contributed by atoms with Crippen LogP contribution in [0.3, 0.4) is 0 Å². The van der Waals surface area contributed by atoms with E-state index >= 15 is 0 Å². The molecule has 1 saturated carbocycles. The zero-order valence-electron chi connectivity index (χ0n) is 13.3. The topological polar surface area (TPSA) is 46.3 Å². The summed E-state index contributed by atoms with van der Waals surface area (Å²) in [6.45, 7) is 4.97. The van der Waals surface area contributed by atoms with Crippen molar-refractivity contribution in [3.63, 3.8) is 0 Å². The van der Waals surface area contributed by atoms with Gasteiger partial charge in [-0.15, -0.1) is 0 Å². The summed E-state index contributed by atoms with van der Waals surface area (Å²) in [7, 11) is 0. The first kappa shape index (κ1) is 15.9. The number of unbranched alkanes of at least 4 members (excludes halogenated alkanes) is 1. The van der Waals surface area contributed by atoms with Crippen molar-refractivity contribution < 1.29 is 4.79 Å². The highest BCUT2D eigenvalue weighted by molar-refractivity contribution is 5.79. The third-order valence-electron chi connectivity index (χ3n) is 4.41. The Morgan fingerprint density at radius 2 is 2.05 bits per heavy atom. The Hall–Kier alpha value is -1.51. The maximum atomic E-state index is 12.9. The van der Waals surface area contributed by atoms with Crippen LogP contribution in [0, 0.1) is 5.92 Å². The molecular formula is C18H28N2O. The van der Waals surface area contributed by atoms with E-state index in [0.29, 0.717) is 18.5 Å². The van der Waals surface area contributed by atoms with E-state index in [4.69, 9.17) is 5.73 Å². The molecule has 1 amide bonds. The molecule has 3 heteroatoms. The molecule has 2 N–H and O–H groups in total. The Morgan fingerprint density at radius 1 is 1.33 bits per heavy atom. The van der Waals surface area contributed by atoms with Gasteiger partial charge >= 0.3 is 0 Å². The fraction of sp³-hybridized carbons (Fsp3) is 0.611. The number of amides is 1. The van der Waals surface area contributed by atoms with E-state index in [1.165, 1.54) is 0 Å². The maximum absolute atomic E-state index is 12.9. The molecule has 0 radical (unpaired) electrons. The molecule has 21 heavy (non-hydrogen) atoms. The molecule has 1 aromatic rings. The summed E-state index contributed by atoms with van der Waals surface area (Å²) in [6, 6.07) is 8.32. The average molecular weight is 288 g/mol. The van der Waals surface area contributed by atoms with Gasteiger partial charge in [-0.3, -0.25) is 4.79 Å².